The Balaban J connectivity index is 2.31. The van der Waals surface area contributed by atoms with Gasteiger partial charge in [-0.05, 0) is 40.2 Å². The fraction of sp³-hybridized carbons (Fsp3) is 0.926. The van der Waals surface area contributed by atoms with Crippen LogP contribution in [0.15, 0.2) is 0 Å². The first-order valence-corrected chi connectivity index (χ1v) is 15.4. The fourth-order valence-corrected chi connectivity index (χ4v) is 5.68. The lowest BCUT2D eigenvalue weighted by molar-refractivity contribution is -0.260. The van der Waals surface area contributed by atoms with Gasteiger partial charge < -0.3 is 88.2 Å². The van der Waals surface area contributed by atoms with Crippen LogP contribution in [0, 0.1) is 10.8 Å². The van der Waals surface area contributed by atoms with Gasteiger partial charge in [-0.15, -0.1) is 0 Å². The molecule has 270 valence electrons. The number of aliphatic hydroxyl groups is 8. The van der Waals surface area contributed by atoms with Crippen molar-refractivity contribution in [3.05, 3.63) is 0 Å². The Morgan fingerprint density at radius 3 is 2.28 bits per heavy atom. The van der Waals surface area contributed by atoms with E-state index < -0.39 is 104 Å². The van der Waals surface area contributed by atoms with E-state index >= 15 is 0 Å². The Morgan fingerprint density at radius 1 is 1.07 bits per heavy atom. The molecule has 0 amide bonds. The van der Waals surface area contributed by atoms with Crippen molar-refractivity contribution in [3.8, 4) is 0 Å². The SMILES string of the molecule is CN[C@H](C(O)[C@H](C)OC1C(O)C(O[C@H]2O[C@H](CNC(=N)CN)CCC2N)[C@@H](N)C[C@H]1NC(=N)C(O)C(O)C(O)CO)C(C)(O)CO. The maximum atomic E-state index is 11.6. The zero-order chi connectivity index (χ0) is 34.9. The summed E-state index contributed by atoms with van der Waals surface area (Å²) in [6, 6.07) is -3.60. The van der Waals surface area contributed by atoms with Crippen LogP contribution in [0.3, 0.4) is 0 Å². The average molecular weight is 669 g/mol. The molecule has 1 saturated carbocycles. The second-order valence-electron chi connectivity index (χ2n) is 12.4. The molecule has 1 aliphatic carbocycles. The molecule has 1 aliphatic heterocycles. The summed E-state index contributed by atoms with van der Waals surface area (Å²) in [7, 11) is 1.47. The molecule has 46 heavy (non-hydrogen) atoms. The van der Waals surface area contributed by atoms with Crippen LogP contribution in [0.5, 0.6) is 0 Å². The van der Waals surface area contributed by atoms with Crippen LogP contribution in [-0.4, -0.2) is 177 Å². The zero-order valence-corrected chi connectivity index (χ0v) is 26.6. The van der Waals surface area contributed by atoms with Crippen molar-refractivity contribution in [2.75, 3.05) is 33.4 Å². The van der Waals surface area contributed by atoms with E-state index in [1.54, 1.807) is 0 Å². The van der Waals surface area contributed by atoms with Gasteiger partial charge in [0.05, 0.1) is 56.2 Å². The highest BCUT2D eigenvalue weighted by molar-refractivity contribution is 5.84. The third-order valence-electron chi connectivity index (χ3n) is 8.59. The molecule has 2 rings (SSSR count). The molecule has 2 fully saturated rings. The summed E-state index contributed by atoms with van der Waals surface area (Å²) in [6.45, 7) is 1.53. The minimum atomic E-state index is -1.96. The number of aliphatic hydroxyl groups excluding tert-OH is 7. The summed E-state index contributed by atoms with van der Waals surface area (Å²) in [5.74, 6) is -0.538. The molecule has 1 saturated heterocycles. The van der Waals surface area contributed by atoms with Crippen LogP contribution in [-0.2, 0) is 14.2 Å². The second-order valence-corrected chi connectivity index (χ2v) is 12.4. The largest absolute Gasteiger partial charge is 0.394 e. The monoisotopic (exact) mass is 668 g/mol. The standard InChI is InChI=1S/C27H56N8O11/c1-11(18(39)24(33-3)27(2,43)10-37)44-23-15(35-25(32)20(41)19(40)16(38)9-36)6-14(30)22(21(23)42)46-26-13(29)5-4-12(45-26)8-34-17(31)7-28/h11-16,18-24,26,33,36-43H,4-10,28-30H2,1-3H3,(H2,31,34)(H2,32,35)/t11-,12-,13?,14-,15+,16?,18?,19?,20?,21?,22?,23?,24+,26+,27?/m0/s1. The molecular weight excluding hydrogens is 612 g/mol. The number of ether oxygens (including phenoxy) is 3. The van der Waals surface area contributed by atoms with Gasteiger partial charge in [-0.2, -0.15) is 0 Å². The molecule has 0 spiro atoms. The van der Waals surface area contributed by atoms with Crippen molar-refractivity contribution in [1.82, 2.24) is 16.0 Å². The highest BCUT2D eigenvalue weighted by atomic mass is 16.7. The third-order valence-corrected chi connectivity index (χ3v) is 8.59. The van der Waals surface area contributed by atoms with Gasteiger partial charge in [0, 0.05) is 12.6 Å². The number of hydrogen-bond acceptors (Lipinski definition) is 17. The Labute approximate surface area is 268 Å². The summed E-state index contributed by atoms with van der Waals surface area (Å²) in [4.78, 5) is 0. The van der Waals surface area contributed by atoms with Gasteiger partial charge in [-0.1, -0.05) is 0 Å². The van der Waals surface area contributed by atoms with Crippen LogP contribution in [0.25, 0.3) is 0 Å². The Hall–Kier alpha value is -1.66. The molecule has 0 bridgehead atoms. The molecule has 9 unspecified atom stereocenters. The van der Waals surface area contributed by atoms with E-state index in [2.05, 4.69) is 16.0 Å². The summed E-state index contributed by atoms with van der Waals surface area (Å²) in [5.41, 5.74) is 16.4. The van der Waals surface area contributed by atoms with Crippen molar-refractivity contribution in [2.24, 2.45) is 17.2 Å². The molecule has 0 aromatic rings. The zero-order valence-electron chi connectivity index (χ0n) is 26.6. The van der Waals surface area contributed by atoms with Crippen LogP contribution in [0.4, 0.5) is 0 Å². The van der Waals surface area contributed by atoms with Crippen molar-refractivity contribution < 1.29 is 55.1 Å². The van der Waals surface area contributed by atoms with Crippen LogP contribution >= 0.6 is 0 Å². The van der Waals surface area contributed by atoms with Crippen molar-refractivity contribution >= 4 is 11.7 Å². The lowest BCUT2D eigenvalue weighted by Crippen LogP contribution is -2.68. The van der Waals surface area contributed by atoms with Crippen LogP contribution in [0.2, 0.25) is 0 Å². The second kappa shape index (κ2) is 18.2. The predicted molar refractivity (Wildman–Crippen MR) is 165 cm³/mol. The van der Waals surface area contributed by atoms with Crippen molar-refractivity contribution in [1.29, 1.82) is 10.8 Å². The molecule has 19 heteroatoms. The molecule has 19 nitrogen and oxygen atoms in total. The number of hydrogen-bond donors (Lipinski definition) is 16. The van der Waals surface area contributed by atoms with Crippen molar-refractivity contribution in [2.45, 2.75) is 124 Å². The first-order chi connectivity index (χ1) is 21.5. The Morgan fingerprint density at radius 2 is 1.72 bits per heavy atom. The van der Waals surface area contributed by atoms with E-state index in [0.29, 0.717) is 12.8 Å². The lowest BCUT2D eigenvalue weighted by Gasteiger charge is -2.47. The van der Waals surface area contributed by atoms with Gasteiger partial charge in [0.25, 0.3) is 0 Å². The number of nitrogens with one attached hydrogen (secondary N) is 5. The first-order valence-electron chi connectivity index (χ1n) is 15.4. The molecule has 19 N–H and O–H groups in total. The van der Waals surface area contributed by atoms with Gasteiger partial charge in [0.2, 0.25) is 0 Å². The third kappa shape index (κ3) is 10.4. The number of nitrogens with two attached hydrogens (primary N) is 3. The van der Waals surface area contributed by atoms with Crippen LogP contribution in [0.1, 0.15) is 33.1 Å². The summed E-state index contributed by atoms with van der Waals surface area (Å²) in [5, 5.41) is 107. The number of likely N-dealkylation sites (N-methyl/N-ethyl adjacent to an activating group) is 1. The maximum absolute atomic E-state index is 11.6. The van der Waals surface area contributed by atoms with E-state index in [1.165, 1.54) is 20.9 Å². The van der Waals surface area contributed by atoms with Gasteiger partial charge in [0.15, 0.2) is 6.29 Å². The van der Waals surface area contributed by atoms with Gasteiger partial charge in [-0.25, -0.2) is 0 Å². The Bertz CT molecular complexity index is 955. The molecule has 0 aromatic heterocycles. The molecule has 0 aromatic carbocycles. The van der Waals surface area contributed by atoms with Gasteiger partial charge in [-0.3, -0.25) is 10.8 Å². The minimum Gasteiger partial charge on any atom is -0.394 e. The molecule has 0 radical (unpaired) electrons. The van der Waals surface area contributed by atoms with Gasteiger partial charge >= 0.3 is 0 Å². The van der Waals surface area contributed by atoms with Crippen molar-refractivity contribution in [3.63, 3.8) is 0 Å². The molecule has 15 atom stereocenters. The van der Waals surface area contributed by atoms with E-state index in [-0.39, 0.29) is 31.4 Å². The highest BCUT2D eigenvalue weighted by Gasteiger charge is 2.49. The Kier molecular flexibility index (Phi) is 16.0. The topological polar surface area (TPSA) is 351 Å². The van der Waals surface area contributed by atoms with Crippen LogP contribution < -0.4 is 33.2 Å². The number of rotatable bonds is 17. The fourth-order valence-electron chi connectivity index (χ4n) is 5.68. The van der Waals surface area contributed by atoms with E-state index in [9.17, 15) is 35.7 Å². The van der Waals surface area contributed by atoms with E-state index in [0.717, 1.165) is 0 Å². The lowest BCUT2D eigenvalue weighted by atomic mass is 9.83. The maximum Gasteiger partial charge on any atom is 0.173 e. The quantitative estimate of drug-likeness (QED) is 0.0505. The molecular formula is C27H56N8O11. The minimum absolute atomic E-state index is 0.0288. The smallest absolute Gasteiger partial charge is 0.173 e. The average Bonchev–Trinajstić information content (AvgIpc) is 3.03. The van der Waals surface area contributed by atoms with E-state index in [4.69, 9.17) is 47.3 Å². The summed E-state index contributed by atoms with van der Waals surface area (Å²) < 4.78 is 18.3. The normalized spacial score (nSPS) is 34.0. The first kappa shape index (κ1) is 40.5. The predicted octanol–water partition coefficient (Wildman–Crippen LogP) is -6.70. The molecule has 2 aliphatic rings. The highest BCUT2D eigenvalue weighted by Crippen LogP contribution is 2.30. The van der Waals surface area contributed by atoms with Gasteiger partial charge in [0.1, 0.15) is 53.9 Å². The van der Waals surface area contributed by atoms with E-state index in [1.807, 2.05) is 0 Å². The summed E-state index contributed by atoms with van der Waals surface area (Å²) >= 11 is 0. The molecule has 1 heterocycles. The summed E-state index contributed by atoms with van der Waals surface area (Å²) in [6.07, 6.45) is -12.5. The number of amidine groups is 2.